The predicted octanol–water partition coefficient (Wildman–Crippen LogP) is 4.24. The van der Waals surface area contributed by atoms with Gasteiger partial charge in [-0.3, -0.25) is 15.5 Å². The lowest BCUT2D eigenvalue weighted by Gasteiger charge is -2.02. The fraction of sp³-hybridized carbons (Fsp3) is 0. The van der Waals surface area contributed by atoms with Crippen LogP contribution in [0.5, 0.6) is 0 Å². The van der Waals surface area contributed by atoms with Crippen LogP contribution in [-0.4, -0.2) is 21.3 Å². The summed E-state index contributed by atoms with van der Waals surface area (Å²) in [6.45, 7) is 0. The first-order valence-corrected chi connectivity index (χ1v) is 8.05. The first-order chi connectivity index (χ1) is 13.2. The standard InChI is InChI=1S/C19H13N5O3/c25-24(26)15-7-5-13(6-8-15)18-10-9-16(27-18)12-21-23-19-17-4-2-1-3-14(17)11-20-22-19/h1-12H,(H,22,23). The molecule has 0 saturated heterocycles. The summed E-state index contributed by atoms with van der Waals surface area (Å²) in [4.78, 5) is 10.3. The second-order valence-electron chi connectivity index (χ2n) is 5.66. The third kappa shape index (κ3) is 3.49. The van der Waals surface area contributed by atoms with Crippen molar-refractivity contribution in [2.45, 2.75) is 0 Å². The van der Waals surface area contributed by atoms with Gasteiger partial charge in [-0.25, -0.2) is 0 Å². The lowest BCUT2D eigenvalue weighted by molar-refractivity contribution is -0.384. The summed E-state index contributed by atoms with van der Waals surface area (Å²) in [5.74, 6) is 1.67. The summed E-state index contributed by atoms with van der Waals surface area (Å²) in [6.07, 6.45) is 3.21. The van der Waals surface area contributed by atoms with E-state index in [0.717, 1.165) is 16.3 Å². The maximum atomic E-state index is 10.7. The van der Waals surface area contributed by atoms with Crippen LogP contribution < -0.4 is 5.43 Å². The zero-order valence-corrected chi connectivity index (χ0v) is 13.9. The summed E-state index contributed by atoms with van der Waals surface area (Å²) in [5, 5.41) is 24.7. The van der Waals surface area contributed by atoms with E-state index < -0.39 is 4.92 Å². The molecule has 0 fully saturated rings. The Balaban J connectivity index is 1.49. The lowest BCUT2D eigenvalue weighted by Crippen LogP contribution is -1.96. The molecule has 0 saturated carbocycles. The molecule has 0 amide bonds. The van der Waals surface area contributed by atoms with Crippen molar-refractivity contribution in [1.82, 2.24) is 10.2 Å². The summed E-state index contributed by atoms with van der Waals surface area (Å²) in [5.41, 5.74) is 3.64. The highest BCUT2D eigenvalue weighted by Gasteiger charge is 2.08. The van der Waals surface area contributed by atoms with E-state index in [1.807, 2.05) is 24.3 Å². The number of nitrogens with one attached hydrogen (secondary N) is 1. The predicted molar refractivity (Wildman–Crippen MR) is 102 cm³/mol. The number of nitro benzene ring substituents is 1. The molecule has 4 aromatic rings. The van der Waals surface area contributed by atoms with Gasteiger partial charge in [-0.2, -0.15) is 10.2 Å². The van der Waals surface area contributed by atoms with Crippen LogP contribution in [-0.2, 0) is 0 Å². The van der Waals surface area contributed by atoms with Gasteiger partial charge in [0.1, 0.15) is 11.5 Å². The Morgan fingerprint density at radius 3 is 2.70 bits per heavy atom. The number of benzene rings is 2. The highest BCUT2D eigenvalue weighted by Crippen LogP contribution is 2.24. The Hall–Kier alpha value is -4.07. The van der Waals surface area contributed by atoms with Gasteiger partial charge < -0.3 is 4.42 Å². The maximum Gasteiger partial charge on any atom is 0.269 e. The summed E-state index contributed by atoms with van der Waals surface area (Å²) < 4.78 is 5.70. The second kappa shape index (κ2) is 7.04. The number of fused-ring (bicyclic) bond motifs is 1. The van der Waals surface area contributed by atoms with E-state index in [2.05, 4.69) is 20.7 Å². The number of hydrogen-bond donors (Lipinski definition) is 1. The molecule has 4 rings (SSSR count). The Bertz CT molecular complexity index is 1130. The molecule has 0 spiro atoms. The quantitative estimate of drug-likeness (QED) is 0.324. The molecule has 132 valence electrons. The molecule has 0 radical (unpaired) electrons. The molecule has 8 nitrogen and oxygen atoms in total. The van der Waals surface area contributed by atoms with Gasteiger partial charge in [0.2, 0.25) is 0 Å². The molecule has 8 heteroatoms. The third-order valence-electron chi connectivity index (χ3n) is 3.92. The number of anilines is 1. The average molecular weight is 359 g/mol. The molecule has 0 aliphatic carbocycles. The van der Waals surface area contributed by atoms with Crippen molar-refractivity contribution >= 4 is 28.5 Å². The van der Waals surface area contributed by atoms with Crippen molar-refractivity contribution in [2.75, 3.05) is 5.43 Å². The van der Waals surface area contributed by atoms with Gasteiger partial charge in [-0.1, -0.05) is 24.3 Å². The van der Waals surface area contributed by atoms with Crippen molar-refractivity contribution in [3.63, 3.8) is 0 Å². The molecule has 0 aliphatic heterocycles. The van der Waals surface area contributed by atoms with E-state index >= 15 is 0 Å². The molecule has 2 aromatic heterocycles. The van der Waals surface area contributed by atoms with Crippen molar-refractivity contribution in [2.24, 2.45) is 5.10 Å². The Morgan fingerprint density at radius 1 is 1.07 bits per heavy atom. The molecule has 0 atom stereocenters. The highest BCUT2D eigenvalue weighted by molar-refractivity contribution is 5.91. The molecule has 0 unspecified atom stereocenters. The van der Waals surface area contributed by atoms with Gasteiger partial charge in [0.15, 0.2) is 5.82 Å². The van der Waals surface area contributed by atoms with Crippen LogP contribution in [0.1, 0.15) is 5.76 Å². The van der Waals surface area contributed by atoms with Gasteiger partial charge in [-0.15, -0.1) is 5.10 Å². The fourth-order valence-corrected chi connectivity index (χ4v) is 2.59. The molecular formula is C19H13N5O3. The van der Waals surface area contributed by atoms with Crippen LogP contribution in [0.25, 0.3) is 22.1 Å². The van der Waals surface area contributed by atoms with Crippen LogP contribution in [0.4, 0.5) is 11.5 Å². The monoisotopic (exact) mass is 359 g/mol. The number of aromatic nitrogens is 2. The summed E-state index contributed by atoms with van der Waals surface area (Å²) in [7, 11) is 0. The smallest absolute Gasteiger partial charge is 0.269 e. The maximum absolute atomic E-state index is 10.7. The summed E-state index contributed by atoms with van der Waals surface area (Å²) >= 11 is 0. The second-order valence-corrected chi connectivity index (χ2v) is 5.66. The van der Waals surface area contributed by atoms with E-state index in [-0.39, 0.29) is 5.69 Å². The van der Waals surface area contributed by atoms with Gasteiger partial charge in [0, 0.05) is 28.5 Å². The highest BCUT2D eigenvalue weighted by atomic mass is 16.6. The number of furan rings is 1. The zero-order chi connectivity index (χ0) is 18.6. The summed E-state index contributed by atoms with van der Waals surface area (Å²) in [6, 6.07) is 17.4. The zero-order valence-electron chi connectivity index (χ0n) is 13.9. The number of hydrazone groups is 1. The van der Waals surface area contributed by atoms with Gasteiger partial charge in [0.05, 0.1) is 17.3 Å². The van der Waals surface area contributed by atoms with Crippen LogP contribution >= 0.6 is 0 Å². The molecule has 0 aliphatic rings. The van der Waals surface area contributed by atoms with Gasteiger partial charge in [-0.05, 0) is 24.3 Å². The minimum Gasteiger partial charge on any atom is -0.455 e. The SMILES string of the molecule is O=[N+]([O-])c1ccc(-c2ccc(C=NNc3nncc4ccccc34)o2)cc1. The van der Waals surface area contributed by atoms with Crippen LogP contribution in [0.3, 0.4) is 0 Å². The van der Waals surface area contributed by atoms with Gasteiger partial charge >= 0.3 is 0 Å². The van der Waals surface area contributed by atoms with Crippen LogP contribution in [0.15, 0.2) is 76.4 Å². The fourth-order valence-electron chi connectivity index (χ4n) is 2.59. The van der Waals surface area contributed by atoms with E-state index in [4.69, 9.17) is 4.42 Å². The number of non-ortho nitro benzene ring substituents is 1. The number of nitro groups is 1. The van der Waals surface area contributed by atoms with Crippen molar-refractivity contribution in [3.8, 4) is 11.3 Å². The largest absolute Gasteiger partial charge is 0.455 e. The first-order valence-electron chi connectivity index (χ1n) is 8.05. The minimum atomic E-state index is -0.439. The topological polar surface area (TPSA) is 106 Å². The molecule has 0 bridgehead atoms. The first kappa shape index (κ1) is 16.4. The Morgan fingerprint density at radius 2 is 1.89 bits per heavy atom. The minimum absolute atomic E-state index is 0.0347. The Kier molecular flexibility index (Phi) is 4.28. The van der Waals surface area contributed by atoms with E-state index in [1.54, 1.807) is 30.5 Å². The normalized spacial score (nSPS) is 11.1. The molecule has 27 heavy (non-hydrogen) atoms. The van der Waals surface area contributed by atoms with E-state index in [0.29, 0.717) is 17.3 Å². The van der Waals surface area contributed by atoms with E-state index in [1.165, 1.54) is 18.3 Å². The van der Waals surface area contributed by atoms with E-state index in [9.17, 15) is 10.1 Å². The van der Waals surface area contributed by atoms with Crippen LogP contribution in [0.2, 0.25) is 0 Å². The third-order valence-corrected chi connectivity index (χ3v) is 3.92. The molecule has 2 heterocycles. The Labute approximate surface area is 153 Å². The van der Waals surface area contributed by atoms with Crippen molar-refractivity contribution in [3.05, 3.63) is 82.7 Å². The van der Waals surface area contributed by atoms with Crippen LogP contribution in [0, 0.1) is 10.1 Å². The van der Waals surface area contributed by atoms with Crippen molar-refractivity contribution in [1.29, 1.82) is 0 Å². The van der Waals surface area contributed by atoms with Gasteiger partial charge in [0.25, 0.3) is 5.69 Å². The molecule has 1 N–H and O–H groups in total. The number of hydrogen-bond acceptors (Lipinski definition) is 7. The molecule has 2 aromatic carbocycles. The lowest BCUT2D eigenvalue weighted by atomic mass is 10.1. The van der Waals surface area contributed by atoms with Crippen molar-refractivity contribution < 1.29 is 9.34 Å². The number of rotatable bonds is 5. The molecular weight excluding hydrogens is 346 g/mol. The average Bonchev–Trinajstić information content (AvgIpc) is 3.17. The number of nitrogens with zero attached hydrogens (tertiary/aromatic N) is 4.